The molecule has 1 fully saturated rings. The fourth-order valence-electron chi connectivity index (χ4n) is 1.94. The first kappa shape index (κ1) is 11.0. The maximum absolute atomic E-state index is 11.9. The van der Waals surface area contributed by atoms with Gasteiger partial charge in [0.05, 0.1) is 0 Å². The van der Waals surface area contributed by atoms with E-state index in [2.05, 4.69) is 5.32 Å². The smallest absolute Gasteiger partial charge is 0.256 e. The Labute approximate surface area is 105 Å². The number of hydrogen-bond donors (Lipinski definition) is 1. The van der Waals surface area contributed by atoms with Gasteiger partial charge < -0.3 is 10.1 Å². The second-order valence-corrected chi connectivity index (χ2v) is 4.24. The first-order chi connectivity index (χ1) is 8.84. The van der Waals surface area contributed by atoms with Crippen LogP contribution in [-0.2, 0) is 9.53 Å². The van der Waals surface area contributed by atoms with Gasteiger partial charge in [-0.05, 0) is 17.7 Å². The van der Waals surface area contributed by atoms with Crippen molar-refractivity contribution in [3.63, 3.8) is 0 Å². The number of epoxide rings is 1. The molecule has 1 N–H and O–H groups in total. The number of carbonyl (C=O) groups excluding carboxylic acids is 1. The average molecular weight is 239 g/mol. The molecule has 0 spiro atoms. The van der Waals surface area contributed by atoms with E-state index in [0.717, 1.165) is 11.3 Å². The lowest BCUT2D eigenvalue weighted by atomic mass is 10.1. The van der Waals surface area contributed by atoms with Crippen molar-refractivity contribution in [3.05, 3.63) is 66.2 Å². The summed E-state index contributed by atoms with van der Waals surface area (Å²) in [5, 5.41) is 2.84. The van der Waals surface area contributed by atoms with Crippen LogP contribution in [0, 0.1) is 0 Å². The third-order valence-electron chi connectivity index (χ3n) is 2.92. The first-order valence-corrected chi connectivity index (χ1v) is 5.91. The van der Waals surface area contributed by atoms with Crippen molar-refractivity contribution in [1.82, 2.24) is 0 Å². The summed E-state index contributed by atoms with van der Waals surface area (Å²) in [6.45, 7) is 0. The molecule has 0 aliphatic carbocycles. The van der Waals surface area contributed by atoms with E-state index in [-0.39, 0.29) is 18.1 Å². The average Bonchev–Trinajstić information content (AvgIpc) is 3.21. The fraction of sp³-hybridized carbons (Fsp3) is 0.133. The van der Waals surface area contributed by atoms with Crippen LogP contribution in [0.2, 0.25) is 0 Å². The van der Waals surface area contributed by atoms with E-state index in [1.807, 2.05) is 60.7 Å². The Hall–Kier alpha value is -2.13. The van der Waals surface area contributed by atoms with Crippen molar-refractivity contribution in [2.24, 2.45) is 0 Å². The van der Waals surface area contributed by atoms with Crippen molar-refractivity contribution in [2.75, 3.05) is 5.32 Å². The topological polar surface area (TPSA) is 41.6 Å². The highest BCUT2D eigenvalue weighted by Gasteiger charge is 2.45. The molecule has 0 radical (unpaired) electrons. The summed E-state index contributed by atoms with van der Waals surface area (Å²) in [5.41, 5.74) is 1.84. The minimum absolute atomic E-state index is 0.0879. The number of para-hydroxylation sites is 1. The molecule has 1 aliphatic heterocycles. The van der Waals surface area contributed by atoms with Gasteiger partial charge in [-0.1, -0.05) is 48.5 Å². The summed E-state index contributed by atoms with van der Waals surface area (Å²) in [7, 11) is 0. The molecule has 2 atom stereocenters. The van der Waals surface area contributed by atoms with Crippen LogP contribution in [0.4, 0.5) is 5.69 Å². The maximum Gasteiger partial charge on any atom is 0.256 e. The Bertz CT molecular complexity index is 539. The Morgan fingerprint density at radius 3 is 2.22 bits per heavy atom. The molecule has 3 rings (SSSR count). The highest BCUT2D eigenvalue weighted by atomic mass is 16.6. The lowest BCUT2D eigenvalue weighted by molar-refractivity contribution is -0.117. The zero-order valence-corrected chi connectivity index (χ0v) is 9.74. The Morgan fingerprint density at radius 1 is 0.944 bits per heavy atom. The molecule has 0 bridgehead atoms. The molecule has 18 heavy (non-hydrogen) atoms. The molecule has 1 amide bonds. The molecule has 0 unspecified atom stereocenters. The predicted molar refractivity (Wildman–Crippen MR) is 69.1 cm³/mol. The van der Waals surface area contributed by atoms with E-state index >= 15 is 0 Å². The third-order valence-corrected chi connectivity index (χ3v) is 2.92. The molecule has 0 saturated carbocycles. The normalized spacial score (nSPS) is 21.3. The summed E-state index contributed by atoms with van der Waals surface area (Å²) in [5.74, 6) is -0.0879. The Balaban J connectivity index is 1.63. The second-order valence-electron chi connectivity index (χ2n) is 4.24. The van der Waals surface area contributed by atoms with Gasteiger partial charge in [-0.15, -0.1) is 0 Å². The van der Waals surface area contributed by atoms with E-state index in [0.29, 0.717) is 0 Å². The number of rotatable bonds is 3. The van der Waals surface area contributed by atoms with Gasteiger partial charge >= 0.3 is 0 Å². The molecule has 0 aromatic heterocycles. The van der Waals surface area contributed by atoms with E-state index in [1.54, 1.807) is 0 Å². The third kappa shape index (κ3) is 2.26. The predicted octanol–water partition coefficient (Wildman–Crippen LogP) is 2.77. The minimum atomic E-state index is -0.368. The number of amides is 1. The van der Waals surface area contributed by atoms with Crippen molar-refractivity contribution in [2.45, 2.75) is 12.2 Å². The molecule has 3 heteroatoms. The van der Waals surface area contributed by atoms with Crippen molar-refractivity contribution < 1.29 is 9.53 Å². The summed E-state index contributed by atoms with van der Waals surface area (Å²) < 4.78 is 5.42. The van der Waals surface area contributed by atoms with E-state index in [4.69, 9.17) is 4.74 Å². The van der Waals surface area contributed by atoms with Gasteiger partial charge in [0.1, 0.15) is 6.10 Å². The van der Waals surface area contributed by atoms with Gasteiger partial charge in [0.15, 0.2) is 6.10 Å². The summed E-state index contributed by atoms with van der Waals surface area (Å²) in [6, 6.07) is 19.2. The number of hydrogen-bond acceptors (Lipinski definition) is 2. The van der Waals surface area contributed by atoms with E-state index < -0.39 is 0 Å². The molecule has 2 aromatic rings. The lowest BCUT2D eigenvalue weighted by Gasteiger charge is -2.01. The highest BCUT2D eigenvalue weighted by molar-refractivity contribution is 5.96. The van der Waals surface area contributed by atoms with Crippen LogP contribution in [0.1, 0.15) is 11.7 Å². The molecule has 3 nitrogen and oxygen atoms in total. The van der Waals surface area contributed by atoms with Gasteiger partial charge in [0.2, 0.25) is 0 Å². The van der Waals surface area contributed by atoms with Crippen molar-refractivity contribution >= 4 is 11.6 Å². The highest BCUT2D eigenvalue weighted by Crippen LogP contribution is 2.39. The van der Waals surface area contributed by atoms with Crippen LogP contribution < -0.4 is 5.32 Å². The van der Waals surface area contributed by atoms with Crippen LogP contribution in [0.3, 0.4) is 0 Å². The van der Waals surface area contributed by atoms with Gasteiger partial charge in [-0.25, -0.2) is 0 Å². The number of nitrogens with one attached hydrogen (secondary N) is 1. The van der Waals surface area contributed by atoms with Gasteiger partial charge in [-0.2, -0.15) is 0 Å². The van der Waals surface area contributed by atoms with E-state index in [1.165, 1.54) is 0 Å². The van der Waals surface area contributed by atoms with Gasteiger partial charge in [0.25, 0.3) is 5.91 Å². The molecule has 1 aliphatic rings. The molecule has 2 aromatic carbocycles. The van der Waals surface area contributed by atoms with Crippen LogP contribution in [0.5, 0.6) is 0 Å². The molecular weight excluding hydrogens is 226 g/mol. The first-order valence-electron chi connectivity index (χ1n) is 5.91. The van der Waals surface area contributed by atoms with Crippen LogP contribution >= 0.6 is 0 Å². The largest absolute Gasteiger partial charge is 0.354 e. The fourth-order valence-corrected chi connectivity index (χ4v) is 1.94. The number of carbonyl (C=O) groups is 1. The molecular formula is C15H13NO2. The van der Waals surface area contributed by atoms with Crippen molar-refractivity contribution in [3.8, 4) is 0 Å². The SMILES string of the molecule is O=C(Nc1ccccc1)[C@@H]1O[C@@H]1c1ccccc1. The van der Waals surface area contributed by atoms with Crippen LogP contribution in [0.25, 0.3) is 0 Å². The van der Waals surface area contributed by atoms with Gasteiger partial charge in [-0.3, -0.25) is 4.79 Å². The number of ether oxygens (including phenoxy) is 1. The van der Waals surface area contributed by atoms with Crippen LogP contribution in [0.15, 0.2) is 60.7 Å². The molecule has 90 valence electrons. The quantitative estimate of drug-likeness (QED) is 0.837. The Kier molecular flexibility index (Phi) is 2.82. The molecule has 1 saturated heterocycles. The molecule has 1 heterocycles. The zero-order valence-electron chi connectivity index (χ0n) is 9.74. The summed E-state index contributed by atoms with van der Waals surface area (Å²) in [4.78, 5) is 11.9. The maximum atomic E-state index is 11.9. The van der Waals surface area contributed by atoms with Crippen LogP contribution in [-0.4, -0.2) is 12.0 Å². The lowest BCUT2D eigenvalue weighted by Crippen LogP contribution is -2.18. The summed E-state index contributed by atoms with van der Waals surface area (Å²) in [6.07, 6.45) is -0.470. The van der Waals surface area contributed by atoms with Crippen molar-refractivity contribution in [1.29, 1.82) is 0 Å². The zero-order chi connectivity index (χ0) is 12.4. The Morgan fingerprint density at radius 2 is 1.56 bits per heavy atom. The number of benzene rings is 2. The number of anilines is 1. The standard InChI is InChI=1S/C15H13NO2/c17-15(16-12-9-5-2-6-10-12)14-13(18-14)11-7-3-1-4-8-11/h1-10,13-14H,(H,16,17)/t13-,14-/m1/s1. The summed E-state index contributed by atoms with van der Waals surface area (Å²) >= 11 is 0. The van der Waals surface area contributed by atoms with E-state index in [9.17, 15) is 4.79 Å². The second kappa shape index (κ2) is 4.63. The van der Waals surface area contributed by atoms with Gasteiger partial charge in [0, 0.05) is 5.69 Å². The minimum Gasteiger partial charge on any atom is -0.354 e. The monoisotopic (exact) mass is 239 g/mol.